The van der Waals surface area contributed by atoms with E-state index in [-0.39, 0.29) is 12.0 Å². The van der Waals surface area contributed by atoms with Gasteiger partial charge in [-0.3, -0.25) is 4.79 Å². The number of ketones is 1. The monoisotopic (exact) mass is 154 g/mol. The van der Waals surface area contributed by atoms with Crippen molar-refractivity contribution < 1.29 is 9.53 Å². The summed E-state index contributed by atoms with van der Waals surface area (Å²) in [7, 11) is 0. The second kappa shape index (κ2) is 2.59. The summed E-state index contributed by atoms with van der Waals surface area (Å²) < 4.78 is 5.59. The molecule has 0 aromatic rings. The van der Waals surface area contributed by atoms with E-state index in [1.54, 1.807) is 0 Å². The van der Waals surface area contributed by atoms with Crippen LogP contribution in [0, 0.1) is 5.92 Å². The van der Waals surface area contributed by atoms with Crippen LogP contribution >= 0.6 is 0 Å². The van der Waals surface area contributed by atoms with Gasteiger partial charge in [-0.1, -0.05) is 6.92 Å². The van der Waals surface area contributed by atoms with E-state index < -0.39 is 0 Å². The molecule has 2 heterocycles. The second-order valence-corrected chi connectivity index (χ2v) is 3.54. The van der Waals surface area contributed by atoms with E-state index in [2.05, 4.69) is 0 Å². The van der Waals surface area contributed by atoms with E-state index in [1.165, 1.54) is 6.42 Å². The molecule has 2 aliphatic rings. The zero-order chi connectivity index (χ0) is 7.84. The first-order chi connectivity index (χ1) is 5.31. The van der Waals surface area contributed by atoms with E-state index in [1.807, 2.05) is 6.92 Å². The van der Waals surface area contributed by atoms with Gasteiger partial charge in [0.2, 0.25) is 0 Å². The van der Waals surface area contributed by atoms with Crippen molar-refractivity contribution in [3.8, 4) is 0 Å². The highest BCUT2D eigenvalue weighted by Gasteiger charge is 2.43. The van der Waals surface area contributed by atoms with E-state index in [0.717, 1.165) is 12.8 Å². The Morgan fingerprint density at radius 1 is 1.55 bits per heavy atom. The van der Waals surface area contributed by atoms with Crippen molar-refractivity contribution in [3.05, 3.63) is 0 Å². The fourth-order valence-corrected chi connectivity index (χ4v) is 2.24. The highest BCUT2D eigenvalue weighted by atomic mass is 16.5. The maximum Gasteiger partial charge on any atom is 0.138 e. The first-order valence-corrected chi connectivity index (χ1v) is 4.49. The van der Waals surface area contributed by atoms with Crippen molar-refractivity contribution >= 4 is 5.78 Å². The second-order valence-electron chi connectivity index (χ2n) is 3.54. The number of carbonyl (C=O) groups excluding carboxylic acids is 1. The standard InChI is InChI=1S/C9H14O2/c1-2-8(10)7-5-6-3-4-9(7)11-6/h6-7,9H,2-5H2,1H3. The molecular weight excluding hydrogens is 140 g/mol. The lowest BCUT2D eigenvalue weighted by Crippen LogP contribution is -2.24. The first-order valence-electron chi connectivity index (χ1n) is 4.49. The quantitative estimate of drug-likeness (QED) is 0.603. The number of Topliss-reactive ketones (excluding diaryl/α,β-unsaturated/α-hetero) is 1. The molecule has 0 amide bonds. The van der Waals surface area contributed by atoms with Gasteiger partial charge >= 0.3 is 0 Å². The summed E-state index contributed by atoms with van der Waals surface area (Å²) in [6.45, 7) is 1.94. The molecule has 2 heteroatoms. The number of ether oxygens (including phenoxy) is 1. The molecule has 2 bridgehead atoms. The molecule has 0 N–H and O–H groups in total. The topological polar surface area (TPSA) is 26.3 Å². The average Bonchev–Trinajstić information content (AvgIpc) is 2.62. The maximum absolute atomic E-state index is 11.3. The largest absolute Gasteiger partial charge is 0.374 e. The van der Waals surface area contributed by atoms with Crippen LogP contribution in [0.3, 0.4) is 0 Å². The van der Waals surface area contributed by atoms with Crippen molar-refractivity contribution in [1.82, 2.24) is 0 Å². The molecule has 2 aliphatic heterocycles. The molecule has 0 spiro atoms. The molecule has 0 aliphatic carbocycles. The minimum absolute atomic E-state index is 0.249. The molecule has 0 aromatic heterocycles. The summed E-state index contributed by atoms with van der Waals surface area (Å²) in [5.74, 6) is 0.649. The van der Waals surface area contributed by atoms with Crippen molar-refractivity contribution in [2.45, 2.75) is 44.8 Å². The zero-order valence-corrected chi connectivity index (χ0v) is 6.88. The van der Waals surface area contributed by atoms with Crippen molar-refractivity contribution in [1.29, 1.82) is 0 Å². The van der Waals surface area contributed by atoms with Crippen LogP contribution in [0.5, 0.6) is 0 Å². The zero-order valence-electron chi connectivity index (χ0n) is 6.88. The Hall–Kier alpha value is -0.370. The minimum Gasteiger partial charge on any atom is -0.374 e. The third-order valence-corrected chi connectivity index (χ3v) is 2.87. The van der Waals surface area contributed by atoms with Crippen LogP contribution in [0.15, 0.2) is 0 Å². The fraction of sp³-hybridized carbons (Fsp3) is 0.889. The van der Waals surface area contributed by atoms with Crippen LogP contribution in [-0.4, -0.2) is 18.0 Å². The molecular formula is C9H14O2. The van der Waals surface area contributed by atoms with Crippen LogP contribution in [-0.2, 0) is 9.53 Å². The summed E-state index contributed by atoms with van der Waals surface area (Å²) >= 11 is 0. The molecule has 11 heavy (non-hydrogen) atoms. The van der Waals surface area contributed by atoms with Gasteiger partial charge in [0.05, 0.1) is 12.2 Å². The van der Waals surface area contributed by atoms with E-state index in [9.17, 15) is 4.79 Å². The number of carbonyl (C=O) groups is 1. The van der Waals surface area contributed by atoms with Gasteiger partial charge in [0.1, 0.15) is 5.78 Å². The number of fused-ring (bicyclic) bond motifs is 2. The molecule has 62 valence electrons. The number of hydrogen-bond acceptors (Lipinski definition) is 2. The Bertz CT molecular complexity index is 176. The molecule has 0 radical (unpaired) electrons. The molecule has 2 fully saturated rings. The van der Waals surface area contributed by atoms with Gasteiger partial charge in [0, 0.05) is 12.3 Å². The first kappa shape index (κ1) is 7.29. The average molecular weight is 154 g/mol. The minimum atomic E-state index is 0.249. The molecule has 3 unspecified atom stereocenters. The predicted octanol–water partition coefficient (Wildman–Crippen LogP) is 1.53. The normalized spacial score (nSPS) is 41.4. The van der Waals surface area contributed by atoms with Gasteiger partial charge in [-0.15, -0.1) is 0 Å². The highest BCUT2D eigenvalue weighted by Crippen LogP contribution is 2.39. The van der Waals surface area contributed by atoms with Gasteiger partial charge in [-0.05, 0) is 19.3 Å². The smallest absolute Gasteiger partial charge is 0.138 e. The molecule has 0 aromatic carbocycles. The predicted molar refractivity (Wildman–Crippen MR) is 41.3 cm³/mol. The van der Waals surface area contributed by atoms with Crippen LogP contribution in [0.1, 0.15) is 32.6 Å². The lowest BCUT2D eigenvalue weighted by Gasteiger charge is -2.15. The molecule has 3 atom stereocenters. The third-order valence-electron chi connectivity index (χ3n) is 2.87. The lowest BCUT2D eigenvalue weighted by atomic mass is 9.85. The molecule has 2 saturated heterocycles. The number of rotatable bonds is 2. The maximum atomic E-state index is 11.3. The summed E-state index contributed by atoms with van der Waals surface area (Å²) in [5, 5.41) is 0. The van der Waals surface area contributed by atoms with Crippen LogP contribution in [0.25, 0.3) is 0 Å². The van der Waals surface area contributed by atoms with Gasteiger partial charge < -0.3 is 4.74 Å². The summed E-state index contributed by atoms with van der Waals surface area (Å²) in [5.41, 5.74) is 0. The molecule has 2 nitrogen and oxygen atoms in total. The van der Waals surface area contributed by atoms with Crippen LogP contribution < -0.4 is 0 Å². The Labute approximate surface area is 66.9 Å². The Kier molecular flexibility index (Phi) is 1.72. The highest BCUT2D eigenvalue weighted by molar-refractivity contribution is 5.81. The molecule has 0 saturated carbocycles. The van der Waals surface area contributed by atoms with Crippen LogP contribution in [0.2, 0.25) is 0 Å². The Balaban J connectivity index is 2.02. The molecule has 2 rings (SSSR count). The SMILES string of the molecule is CCC(=O)C1CC2CCC1O2. The fourth-order valence-electron chi connectivity index (χ4n) is 2.24. The third kappa shape index (κ3) is 1.09. The van der Waals surface area contributed by atoms with Crippen LogP contribution in [0.4, 0.5) is 0 Å². The van der Waals surface area contributed by atoms with Gasteiger partial charge in [-0.25, -0.2) is 0 Å². The van der Waals surface area contributed by atoms with Gasteiger partial charge in [0.15, 0.2) is 0 Å². The Morgan fingerprint density at radius 2 is 2.36 bits per heavy atom. The van der Waals surface area contributed by atoms with E-state index in [4.69, 9.17) is 4.74 Å². The van der Waals surface area contributed by atoms with E-state index >= 15 is 0 Å². The van der Waals surface area contributed by atoms with Gasteiger partial charge in [0.25, 0.3) is 0 Å². The summed E-state index contributed by atoms with van der Waals surface area (Å²) in [6, 6.07) is 0. The van der Waals surface area contributed by atoms with Crippen molar-refractivity contribution in [2.75, 3.05) is 0 Å². The number of hydrogen-bond donors (Lipinski definition) is 0. The Morgan fingerprint density at radius 3 is 2.82 bits per heavy atom. The summed E-state index contributed by atoms with van der Waals surface area (Å²) in [4.78, 5) is 11.3. The van der Waals surface area contributed by atoms with E-state index in [0.29, 0.717) is 18.3 Å². The lowest BCUT2D eigenvalue weighted by molar-refractivity contribution is -0.124. The summed E-state index contributed by atoms with van der Waals surface area (Å²) in [6.07, 6.45) is 4.67. The van der Waals surface area contributed by atoms with Crippen molar-refractivity contribution in [3.63, 3.8) is 0 Å². The van der Waals surface area contributed by atoms with Gasteiger partial charge in [-0.2, -0.15) is 0 Å². The van der Waals surface area contributed by atoms with Crippen molar-refractivity contribution in [2.24, 2.45) is 5.92 Å².